The summed E-state index contributed by atoms with van der Waals surface area (Å²) < 4.78 is 0. The zero-order valence-corrected chi connectivity index (χ0v) is 42.1. The molecule has 0 aromatic heterocycles. The van der Waals surface area contributed by atoms with Gasteiger partial charge in [-0.15, -0.1) is 0 Å². The second-order valence-corrected chi connectivity index (χ2v) is 18.4. The van der Waals surface area contributed by atoms with E-state index in [2.05, 4.69) is 42.2 Å². The monoisotopic (exact) mass is 1030 g/mol. The molecule has 0 bridgehead atoms. The van der Waals surface area contributed by atoms with E-state index >= 15 is 0 Å². The Hall–Kier alpha value is -7.13. The van der Waals surface area contributed by atoms with Crippen molar-refractivity contribution < 1.29 is 68.4 Å². The Kier molecular flexibility index (Phi) is 25.5. The van der Waals surface area contributed by atoms with Gasteiger partial charge in [-0.1, -0.05) is 46.2 Å². The highest BCUT2D eigenvalue weighted by molar-refractivity contribution is 5.98. The summed E-state index contributed by atoms with van der Waals surface area (Å²) in [7, 11) is 0. The van der Waals surface area contributed by atoms with Crippen LogP contribution < -0.4 is 60.2 Å². The Bertz CT molecular complexity index is 2120. The SMILES string of the molecule is CC[C@H](C)[C@H](NC(=O)[C@@H](NC(=O)[C@@H](N)C(C)C)[C@@H](C)O)C(=O)N1CCC[C@H]1C(=O)N[C@@H](Cc1ccc(O)cc1)C(=O)N[C@@H](CCCN=C(N)N)C(=O)NCC(=O)N[C@H](C(=O)N[C@@H](CCC(N)=O)C(=O)O)[C@@H](C)O. The number of nitrogens with two attached hydrogens (primary N) is 4. The molecule has 2 rings (SSSR count). The number of rotatable bonds is 30. The first-order valence-electron chi connectivity index (χ1n) is 24.0. The van der Waals surface area contributed by atoms with E-state index in [-0.39, 0.29) is 62.8 Å². The maximum absolute atomic E-state index is 14.4. The molecule has 27 nitrogen and oxygen atoms in total. The molecule has 1 aliphatic heterocycles. The van der Waals surface area contributed by atoms with Gasteiger partial charge in [0.1, 0.15) is 48.0 Å². The van der Waals surface area contributed by atoms with Crippen molar-refractivity contribution in [3.63, 3.8) is 0 Å². The Morgan fingerprint density at radius 2 is 1.30 bits per heavy atom. The predicted octanol–water partition coefficient (Wildman–Crippen LogP) is -4.85. The van der Waals surface area contributed by atoms with Gasteiger partial charge in [-0.3, -0.25) is 48.1 Å². The number of hydrogen-bond acceptors (Lipinski definition) is 15. The normalized spacial score (nSPS) is 17.3. The van der Waals surface area contributed by atoms with Gasteiger partial charge in [0.15, 0.2) is 5.96 Å². The minimum absolute atomic E-state index is 0.00234. The molecule has 0 unspecified atom stereocenters. The fourth-order valence-electron chi connectivity index (χ4n) is 7.48. The van der Waals surface area contributed by atoms with Crippen molar-refractivity contribution in [1.82, 2.24) is 42.1 Å². The van der Waals surface area contributed by atoms with E-state index in [9.17, 15) is 68.4 Å². The summed E-state index contributed by atoms with van der Waals surface area (Å²) in [4.78, 5) is 137. The summed E-state index contributed by atoms with van der Waals surface area (Å²) >= 11 is 0. The molecule has 11 atom stereocenters. The smallest absolute Gasteiger partial charge is 0.326 e. The summed E-state index contributed by atoms with van der Waals surface area (Å²) in [6.45, 7) is 8.58. The number of amides is 9. The van der Waals surface area contributed by atoms with Crippen LogP contribution in [0.1, 0.15) is 92.1 Å². The largest absolute Gasteiger partial charge is 0.508 e. The maximum Gasteiger partial charge on any atom is 0.326 e. The summed E-state index contributed by atoms with van der Waals surface area (Å²) in [5, 5.41) is 57.3. The Labute approximate surface area is 423 Å². The standard InChI is InChI=1S/C46H75N13O14/c1-7-23(4)35(57-43(70)37(25(6)61)58-41(68)34(48)22(2)3)44(71)59-19-9-11-31(59)40(67)55-30(20-26-12-14-27(62)15-13-26)39(66)53-28(10-8-18-51-46(49)50)38(65)52-21-33(64)56-36(24(5)60)42(69)54-29(45(72)73)16-17-32(47)63/h12-15,22-25,28-31,34-37,60-62H,7-11,16-21,48H2,1-6H3,(H2,47,63)(H,52,65)(H,53,66)(H,54,69)(H,55,67)(H,56,64)(H,57,70)(H,58,68)(H,72,73)(H4,49,50,51)/t23-,24+,25+,28-,29-,30-,31-,34-,35-,36-,37-/m0/s1. The van der Waals surface area contributed by atoms with Crippen molar-refractivity contribution >= 4 is 65.1 Å². The molecule has 1 heterocycles. The van der Waals surface area contributed by atoms with Crippen LogP contribution in [0, 0.1) is 11.8 Å². The van der Waals surface area contributed by atoms with Crippen molar-refractivity contribution in [2.75, 3.05) is 19.6 Å². The second-order valence-electron chi connectivity index (χ2n) is 18.4. The van der Waals surface area contributed by atoms with Crippen molar-refractivity contribution in [1.29, 1.82) is 0 Å². The van der Waals surface area contributed by atoms with Crippen molar-refractivity contribution in [3.8, 4) is 5.75 Å². The number of aliphatic hydroxyl groups is 2. The molecule has 9 amide bonds. The van der Waals surface area contributed by atoms with Crippen molar-refractivity contribution in [2.45, 2.75) is 153 Å². The number of carbonyl (C=O) groups excluding carboxylic acids is 9. The highest BCUT2D eigenvalue weighted by Crippen LogP contribution is 2.23. The van der Waals surface area contributed by atoms with Crippen LogP contribution in [0.3, 0.4) is 0 Å². The molecule has 1 aromatic rings. The van der Waals surface area contributed by atoms with Gasteiger partial charge in [-0.25, -0.2) is 4.79 Å². The van der Waals surface area contributed by atoms with Crippen LogP contribution in [0.4, 0.5) is 0 Å². The summed E-state index contributed by atoms with van der Waals surface area (Å²) in [6, 6.07) is -5.34. The average Bonchev–Trinajstić information content (AvgIpc) is 3.82. The molecule has 1 aromatic carbocycles. The number of aromatic hydroxyl groups is 1. The highest BCUT2D eigenvalue weighted by Gasteiger charge is 2.42. The lowest BCUT2D eigenvalue weighted by atomic mass is 9.96. The number of aliphatic imine (C=N–C) groups is 1. The fraction of sp³-hybridized carbons (Fsp3) is 0.630. The molecule has 408 valence electrons. The summed E-state index contributed by atoms with van der Waals surface area (Å²) in [6.07, 6.45) is -3.07. The van der Waals surface area contributed by atoms with Crippen LogP contribution in [0.5, 0.6) is 5.75 Å². The first kappa shape index (κ1) is 62.0. The van der Waals surface area contributed by atoms with Crippen LogP contribution in [0.15, 0.2) is 29.3 Å². The first-order chi connectivity index (χ1) is 34.2. The number of carboxylic acid groups (broad SMARTS) is 1. The molecule has 0 spiro atoms. The predicted molar refractivity (Wildman–Crippen MR) is 263 cm³/mol. The number of carboxylic acids is 1. The van der Waals surface area contributed by atoms with Gasteiger partial charge in [0.05, 0.1) is 24.8 Å². The van der Waals surface area contributed by atoms with Gasteiger partial charge in [-0.05, 0) is 75.5 Å². The molecule has 0 saturated carbocycles. The number of carbonyl (C=O) groups is 10. The van der Waals surface area contributed by atoms with Crippen molar-refractivity contribution in [3.05, 3.63) is 29.8 Å². The van der Waals surface area contributed by atoms with Crippen molar-refractivity contribution in [2.24, 2.45) is 39.8 Å². The van der Waals surface area contributed by atoms with Crippen LogP contribution in [0.25, 0.3) is 0 Å². The third kappa shape index (κ3) is 20.5. The zero-order chi connectivity index (χ0) is 55.3. The third-order valence-electron chi connectivity index (χ3n) is 12.1. The van der Waals surface area contributed by atoms with E-state index in [1.807, 2.05) is 0 Å². The Balaban J connectivity index is 2.39. The van der Waals surface area contributed by atoms with Gasteiger partial charge in [0, 0.05) is 25.9 Å². The van der Waals surface area contributed by atoms with E-state index in [0.29, 0.717) is 18.4 Å². The topological polar surface area (TPSA) is 456 Å². The molecule has 19 N–H and O–H groups in total. The van der Waals surface area contributed by atoms with Gasteiger partial charge in [-0.2, -0.15) is 0 Å². The lowest BCUT2D eigenvalue weighted by Crippen LogP contribution is -2.62. The molecular weight excluding hydrogens is 959 g/mol. The van der Waals surface area contributed by atoms with E-state index in [1.165, 1.54) is 36.1 Å². The number of phenols is 1. The summed E-state index contributed by atoms with van der Waals surface area (Å²) in [5.41, 5.74) is 22.4. The van der Waals surface area contributed by atoms with Gasteiger partial charge < -0.3 is 85.5 Å². The van der Waals surface area contributed by atoms with E-state index < -0.39 is 139 Å². The van der Waals surface area contributed by atoms with E-state index in [4.69, 9.17) is 22.9 Å². The number of benzene rings is 1. The van der Waals surface area contributed by atoms with E-state index in [1.54, 1.807) is 27.7 Å². The van der Waals surface area contributed by atoms with Crippen LogP contribution in [-0.2, 0) is 54.4 Å². The Morgan fingerprint density at radius 1 is 0.726 bits per heavy atom. The zero-order valence-electron chi connectivity index (χ0n) is 42.1. The quantitative estimate of drug-likeness (QED) is 0.0195. The number of aliphatic carboxylic acids is 1. The lowest BCUT2D eigenvalue weighted by Gasteiger charge is -2.33. The number of guanidine groups is 1. The molecule has 1 aliphatic rings. The Morgan fingerprint density at radius 3 is 1.85 bits per heavy atom. The minimum atomic E-state index is -1.72. The number of hydrogen-bond donors (Lipinski definition) is 15. The number of likely N-dealkylation sites (tertiary alicyclic amines) is 1. The number of nitrogens with zero attached hydrogens (tertiary/aromatic N) is 2. The average molecular weight is 1030 g/mol. The molecule has 0 radical (unpaired) electrons. The van der Waals surface area contributed by atoms with Crippen LogP contribution in [-0.4, -0.2) is 171 Å². The molecule has 27 heteroatoms. The van der Waals surface area contributed by atoms with E-state index in [0.717, 1.165) is 6.92 Å². The number of nitrogens with one attached hydrogen (secondary N) is 7. The third-order valence-corrected chi connectivity index (χ3v) is 12.1. The molecule has 1 fully saturated rings. The molecular formula is C46H75N13O14. The first-order valence-corrected chi connectivity index (χ1v) is 24.0. The fourth-order valence-corrected chi connectivity index (χ4v) is 7.48. The van der Waals surface area contributed by atoms with Crippen LogP contribution in [0.2, 0.25) is 0 Å². The van der Waals surface area contributed by atoms with Gasteiger partial charge >= 0.3 is 5.97 Å². The minimum Gasteiger partial charge on any atom is -0.508 e. The molecule has 0 aliphatic carbocycles. The maximum atomic E-state index is 14.4. The number of primary amides is 1. The van der Waals surface area contributed by atoms with Crippen LogP contribution >= 0.6 is 0 Å². The molecule has 1 saturated heterocycles. The second kappa shape index (κ2) is 30.0. The van der Waals surface area contributed by atoms with Gasteiger partial charge in [0.25, 0.3) is 0 Å². The number of aliphatic hydroxyl groups excluding tert-OH is 2. The van der Waals surface area contributed by atoms with Gasteiger partial charge in [0.2, 0.25) is 53.2 Å². The molecule has 73 heavy (non-hydrogen) atoms. The number of phenolic OH excluding ortho intramolecular Hbond substituents is 1. The lowest BCUT2D eigenvalue weighted by molar-refractivity contribution is -0.144. The summed E-state index contributed by atoms with van der Waals surface area (Å²) in [5.74, 6) is -10.4. The highest BCUT2D eigenvalue weighted by atomic mass is 16.4.